The maximum atomic E-state index is 14.6. The Hall–Kier alpha value is -3.70. The lowest BCUT2D eigenvalue weighted by Gasteiger charge is -2.34. The minimum absolute atomic E-state index is 0.0620. The molecule has 1 aliphatic heterocycles. The molecule has 2 N–H and O–H groups in total. The molecule has 1 aliphatic rings. The fourth-order valence-corrected chi connectivity index (χ4v) is 4.78. The van der Waals surface area contributed by atoms with Crippen LogP contribution in [0.25, 0.3) is 0 Å². The molecule has 15 heteroatoms. The average Bonchev–Trinajstić information content (AvgIpc) is 2.77. The predicted molar refractivity (Wildman–Crippen MR) is 127 cm³/mol. The minimum Gasteiger partial charge on any atom is -0.481 e. The molecular weight excluding hydrogens is 560 g/mol. The second-order valence-electron chi connectivity index (χ2n) is 8.31. The number of rotatable bonds is 5. The van der Waals surface area contributed by atoms with Gasteiger partial charge in [0, 0.05) is 10.7 Å². The standard InChI is InChI=1S/C23H19ClF4N2O7S/c1-22(2,23(26,27)28)37-21(33)29-14-7-8-18-17(11-14)30(12-15(36-18)4-3-5-20(31)32)38(34,35)19-9-6-13(24)10-16(19)25/h6-11,15H,5,12H2,1-2H3,(H,29,33)(H,31,32). The first kappa shape index (κ1) is 28.9. The number of sulfonamides is 1. The van der Waals surface area contributed by atoms with E-state index in [1.165, 1.54) is 12.1 Å². The van der Waals surface area contributed by atoms with Crippen molar-refractivity contribution in [1.82, 2.24) is 0 Å². The van der Waals surface area contributed by atoms with Gasteiger partial charge in [0.2, 0.25) is 5.60 Å². The number of carbonyl (C=O) groups is 2. The van der Waals surface area contributed by atoms with Crippen molar-refractivity contribution in [2.24, 2.45) is 0 Å². The zero-order valence-electron chi connectivity index (χ0n) is 19.6. The SMILES string of the molecule is CC(C)(OC(=O)Nc1ccc2c(c1)N(S(=O)(=O)c1ccc(Cl)cc1F)CC(C#CCC(=O)O)O2)C(F)(F)F. The molecule has 0 aliphatic carbocycles. The summed E-state index contributed by atoms with van der Waals surface area (Å²) in [5.74, 6) is 2.34. The molecule has 38 heavy (non-hydrogen) atoms. The number of ether oxygens (including phenoxy) is 2. The number of hydrogen-bond acceptors (Lipinski definition) is 6. The molecule has 0 aromatic heterocycles. The summed E-state index contributed by atoms with van der Waals surface area (Å²) < 4.78 is 91.4. The number of hydrogen-bond donors (Lipinski definition) is 2. The molecule has 2 aromatic carbocycles. The number of fused-ring (bicyclic) bond motifs is 1. The summed E-state index contributed by atoms with van der Waals surface area (Å²) in [6.07, 6.45) is -8.05. The third-order valence-corrected chi connectivity index (χ3v) is 7.12. The number of nitrogens with one attached hydrogen (secondary N) is 1. The van der Waals surface area contributed by atoms with E-state index in [9.17, 15) is 35.6 Å². The van der Waals surface area contributed by atoms with E-state index >= 15 is 0 Å². The molecule has 0 radical (unpaired) electrons. The van der Waals surface area contributed by atoms with Crippen LogP contribution in [0.1, 0.15) is 20.3 Å². The first-order chi connectivity index (χ1) is 17.5. The molecule has 204 valence electrons. The van der Waals surface area contributed by atoms with Crippen molar-refractivity contribution < 1.29 is 50.1 Å². The van der Waals surface area contributed by atoms with Crippen LogP contribution < -0.4 is 14.4 Å². The Kier molecular flexibility index (Phi) is 8.04. The summed E-state index contributed by atoms with van der Waals surface area (Å²) in [5, 5.41) is 10.8. The van der Waals surface area contributed by atoms with E-state index < -0.39 is 63.6 Å². The van der Waals surface area contributed by atoms with Crippen LogP contribution in [0.4, 0.5) is 33.7 Å². The van der Waals surface area contributed by atoms with Gasteiger partial charge in [0.05, 0.1) is 12.2 Å². The van der Waals surface area contributed by atoms with Gasteiger partial charge >= 0.3 is 18.2 Å². The highest BCUT2D eigenvalue weighted by Crippen LogP contribution is 2.40. The molecule has 1 heterocycles. The van der Waals surface area contributed by atoms with Gasteiger partial charge in [-0.05, 0) is 50.2 Å². The zero-order valence-corrected chi connectivity index (χ0v) is 21.2. The van der Waals surface area contributed by atoms with Crippen LogP contribution in [0, 0.1) is 17.7 Å². The van der Waals surface area contributed by atoms with Gasteiger partial charge in [-0.15, -0.1) is 0 Å². The quantitative estimate of drug-likeness (QED) is 0.386. The van der Waals surface area contributed by atoms with E-state index in [1.54, 1.807) is 0 Å². The molecular formula is C23H19ClF4N2O7S. The van der Waals surface area contributed by atoms with Gasteiger partial charge in [-0.25, -0.2) is 17.6 Å². The zero-order chi connectivity index (χ0) is 28.5. The molecule has 0 saturated carbocycles. The van der Waals surface area contributed by atoms with Crippen LogP contribution in [-0.2, 0) is 19.6 Å². The third-order valence-electron chi connectivity index (χ3n) is 5.07. The number of carboxylic acid groups (broad SMARTS) is 1. The third kappa shape index (κ3) is 6.40. The van der Waals surface area contributed by atoms with Gasteiger partial charge in [-0.3, -0.25) is 14.4 Å². The van der Waals surface area contributed by atoms with E-state index in [4.69, 9.17) is 21.4 Å². The normalized spacial score (nSPS) is 15.4. The van der Waals surface area contributed by atoms with Crippen LogP contribution >= 0.6 is 11.6 Å². The van der Waals surface area contributed by atoms with E-state index in [0.29, 0.717) is 18.2 Å². The van der Waals surface area contributed by atoms with E-state index in [1.807, 2.05) is 0 Å². The monoisotopic (exact) mass is 578 g/mol. The van der Waals surface area contributed by atoms with Gasteiger partial charge in [-0.2, -0.15) is 13.2 Å². The second kappa shape index (κ2) is 10.6. The van der Waals surface area contributed by atoms with Crippen LogP contribution in [-0.4, -0.2) is 50.0 Å². The van der Waals surface area contributed by atoms with Gasteiger partial charge in [0.25, 0.3) is 10.0 Å². The van der Waals surface area contributed by atoms with E-state index in [-0.39, 0.29) is 22.1 Å². The largest absolute Gasteiger partial charge is 0.481 e. The highest BCUT2D eigenvalue weighted by Gasteiger charge is 2.51. The predicted octanol–water partition coefficient (Wildman–Crippen LogP) is 4.80. The molecule has 9 nitrogen and oxygen atoms in total. The number of carbonyl (C=O) groups excluding carboxylic acids is 1. The Morgan fingerprint density at radius 1 is 1.24 bits per heavy atom. The van der Waals surface area contributed by atoms with E-state index in [0.717, 1.165) is 24.3 Å². The van der Waals surface area contributed by atoms with Gasteiger partial charge in [0.15, 0.2) is 6.10 Å². The maximum Gasteiger partial charge on any atom is 0.427 e. The molecule has 1 unspecified atom stereocenters. The number of benzene rings is 2. The smallest absolute Gasteiger partial charge is 0.427 e. The van der Waals surface area contributed by atoms with Crippen molar-refractivity contribution in [1.29, 1.82) is 0 Å². The molecule has 2 aromatic rings. The minimum atomic E-state index is -4.86. The number of halogens is 5. The number of carboxylic acids is 1. The second-order valence-corrected chi connectivity index (χ2v) is 10.6. The fourth-order valence-electron chi connectivity index (χ4n) is 3.11. The van der Waals surface area contributed by atoms with Crippen LogP contribution in [0.5, 0.6) is 5.75 Å². The molecule has 0 saturated heterocycles. The van der Waals surface area contributed by atoms with Gasteiger partial charge in [0.1, 0.15) is 22.9 Å². The van der Waals surface area contributed by atoms with Crippen LogP contribution in [0.15, 0.2) is 41.3 Å². The van der Waals surface area contributed by atoms with Crippen LogP contribution in [0.3, 0.4) is 0 Å². The Morgan fingerprint density at radius 3 is 2.53 bits per heavy atom. The van der Waals surface area contributed by atoms with Crippen molar-refractivity contribution in [3.63, 3.8) is 0 Å². The highest BCUT2D eigenvalue weighted by molar-refractivity contribution is 7.92. The average molecular weight is 579 g/mol. The number of nitrogens with zero attached hydrogens (tertiary/aromatic N) is 1. The summed E-state index contributed by atoms with van der Waals surface area (Å²) in [5.41, 5.74) is -3.19. The Balaban J connectivity index is 2.01. The lowest BCUT2D eigenvalue weighted by Crippen LogP contribution is -2.44. The first-order valence-corrected chi connectivity index (χ1v) is 12.4. The molecule has 0 bridgehead atoms. The Bertz CT molecular complexity index is 1440. The van der Waals surface area contributed by atoms with Crippen molar-refractivity contribution >= 4 is 45.1 Å². The van der Waals surface area contributed by atoms with Crippen molar-refractivity contribution in [3.05, 3.63) is 47.2 Å². The van der Waals surface area contributed by atoms with E-state index in [2.05, 4.69) is 21.9 Å². The van der Waals surface area contributed by atoms with Crippen molar-refractivity contribution in [2.75, 3.05) is 16.2 Å². The van der Waals surface area contributed by atoms with Crippen molar-refractivity contribution in [2.45, 2.75) is 43.0 Å². The molecule has 3 rings (SSSR count). The molecule has 1 atom stereocenters. The fraction of sp³-hybridized carbons (Fsp3) is 0.304. The summed E-state index contributed by atoms with van der Waals surface area (Å²) in [6, 6.07) is 6.35. The number of amides is 1. The number of aliphatic carboxylic acids is 1. The summed E-state index contributed by atoms with van der Waals surface area (Å²) in [4.78, 5) is 22.1. The van der Waals surface area contributed by atoms with Crippen molar-refractivity contribution in [3.8, 4) is 17.6 Å². The maximum absolute atomic E-state index is 14.6. The number of anilines is 2. The highest BCUT2D eigenvalue weighted by atomic mass is 35.5. The Labute approximate surface area is 219 Å². The number of alkyl halides is 3. The summed E-state index contributed by atoms with van der Waals surface area (Å²) in [7, 11) is -4.65. The topological polar surface area (TPSA) is 122 Å². The molecule has 1 amide bonds. The van der Waals surface area contributed by atoms with Crippen LogP contribution in [0.2, 0.25) is 5.02 Å². The van der Waals surface area contributed by atoms with Gasteiger partial charge < -0.3 is 14.6 Å². The first-order valence-electron chi connectivity index (χ1n) is 10.6. The van der Waals surface area contributed by atoms with Gasteiger partial charge in [-0.1, -0.05) is 23.4 Å². The summed E-state index contributed by atoms with van der Waals surface area (Å²) >= 11 is 5.73. The lowest BCUT2D eigenvalue weighted by molar-refractivity contribution is -0.242. The lowest BCUT2D eigenvalue weighted by atomic mass is 10.1. The molecule has 0 fully saturated rings. The Morgan fingerprint density at radius 2 is 1.92 bits per heavy atom. The summed E-state index contributed by atoms with van der Waals surface area (Å²) in [6.45, 7) is 0.778. The molecule has 0 spiro atoms.